The summed E-state index contributed by atoms with van der Waals surface area (Å²) in [7, 11) is -0.512. The van der Waals surface area contributed by atoms with Gasteiger partial charge in [-0.1, -0.05) is 90.5 Å². The number of benzene rings is 3. The molecule has 0 fully saturated rings. The van der Waals surface area contributed by atoms with Gasteiger partial charge in [0.1, 0.15) is 0 Å². The van der Waals surface area contributed by atoms with E-state index >= 15 is 0 Å². The van der Waals surface area contributed by atoms with Crippen LogP contribution >= 0.6 is 7.92 Å². The van der Waals surface area contributed by atoms with Gasteiger partial charge in [-0.2, -0.15) is 0 Å². The molecule has 3 atom stereocenters. The molecule has 2 N–H and O–H groups in total. The highest BCUT2D eigenvalue weighted by molar-refractivity contribution is 7.72. The van der Waals surface area contributed by atoms with E-state index in [1.54, 1.807) is 0 Å². The van der Waals surface area contributed by atoms with Crippen molar-refractivity contribution in [1.82, 2.24) is 5.32 Å². The third kappa shape index (κ3) is 4.80. The first-order chi connectivity index (χ1) is 12.6. The molecule has 3 aromatic rings. The summed E-state index contributed by atoms with van der Waals surface area (Å²) in [4.78, 5) is 0. The zero-order valence-corrected chi connectivity index (χ0v) is 16.2. The lowest BCUT2D eigenvalue weighted by Gasteiger charge is -2.25. The maximum atomic E-state index is 10.6. The molecule has 3 aromatic carbocycles. The van der Waals surface area contributed by atoms with E-state index in [9.17, 15) is 5.11 Å². The molecule has 2 nitrogen and oxygen atoms in total. The Morgan fingerprint density at radius 3 is 1.96 bits per heavy atom. The number of rotatable bonds is 7. The number of aliphatic hydroxyl groups is 1. The van der Waals surface area contributed by atoms with Crippen LogP contribution in [0.5, 0.6) is 0 Å². The molecule has 0 amide bonds. The minimum Gasteiger partial charge on any atom is -0.387 e. The van der Waals surface area contributed by atoms with Crippen molar-refractivity contribution in [3.63, 3.8) is 0 Å². The molecule has 1 unspecified atom stereocenters. The lowest BCUT2D eigenvalue weighted by atomic mass is 10.0. The van der Waals surface area contributed by atoms with Crippen molar-refractivity contribution in [3.8, 4) is 0 Å². The van der Waals surface area contributed by atoms with Crippen LogP contribution in [0.25, 0.3) is 0 Å². The minimum atomic E-state index is -0.512. The molecule has 0 saturated carbocycles. The molecule has 0 spiro atoms. The van der Waals surface area contributed by atoms with Gasteiger partial charge in [0.15, 0.2) is 0 Å². The summed E-state index contributed by atoms with van der Waals surface area (Å²) in [6, 6.07) is 29.3. The van der Waals surface area contributed by atoms with Gasteiger partial charge in [0.05, 0.1) is 6.10 Å². The van der Waals surface area contributed by atoms with Gasteiger partial charge in [0, 0.05) is 12.3 Å². The Balaban J connectivity index is 1.75. The second-order valence-electron chi connectivity index (χ2n) is 6.61. The average molecular weight is 363 g/mol. The van der Waals surface area contributed by atoms with Gasteiger partial charge >= 0.3 is 0 Å². The number of nitrogens with one attached hydrogen (secondary N) is 1. The molecule has 0 aromatic heterocycles. The Morgan fingerprint density at radius 2 is 1.35 bits per heavy atom. The lowest BCUT2D eigenvalue weighted by molar-refractivity contribution is 0.139. The van der Waals surface area contributed by atoms with Crippen molar-refractivity contribution in [2.45, 2.75) is 26.0 Å². The summed E-state index contributed by atoms with van der Waals surface area (Å²) in [5, 5.41) is 16.9. The molecule has 0 heterocycles. The van der Waals surface area contributed by atoms with E-state index in [2.05, 4.69) is 66.8 Å². The fourth-order valence-corrected chi connectivity index (χ4v) is 5.12. The summed E-state index contributed by atoms with van der Waals surface area (Å²) in [6.07, 6.45) is 0.329. The predicted octanol–water partition coefficient (Wildman–Crippen LogP) is 4.10. The molecular formula is C23H26NOP. The fraction of sp³-hybridized carbons (Fsp3) is 0.217. The molecule has 0 saturated heterocycles. The smallest absolute Gasteiger partial charge is 0.0940 e. The Labute approximate surface area is 157 Å². The Kier molecular flexibility index (Phi) is 6.57. The zero-order chi connectivity index (χ0) is 18.4. The predicted molar refractivity (Wildman–Crippen MR) is 113 cm³/mol. The second kappa shape index (κ2) is 9.09. The van der Waals surface area contributed by atoms with E-state index in [1.807, 2.05) is 37.3 Å². The van der Waals surface area contributed by atoms with Crippen LogP contribution in [0.2, 0.25) is 0 Å². The van der Waals surface area contributed by atoms with Crippen LogP contribution in [-0.4, -0.2) is 17.4 Å². The van der Waals surface area contributed by atoms with E-state index < -0.39 is 14.0 Å². The van der Waals surface area contributed by atoms with E-state index in [4.69, 9.17) is 0 Å². The van der Waals surface area contributed by atoms with Gasteiger partial charge in [0.25, 0.3) is 0 Å². The van der Waals surface area contributed by atoms with Gasteiger partial charge in [-0.15, -0.1) is 0 Å². The molecular weight excluding hydrogens is 337 g/mol. The monoisotopic (exact) mass is 363 g/mol. The standard InChI is InChI=1S/C23H26NOP/c1-18-13-15-22(16-14-18)26(21-11-7-4-8-12-21)17-24-19(2)23(25)20-9-5-3-6-10-20/h3-16,19,23-25H,17H2,1-2H3/t19-,23-,26?/m0/s1. The normalized spacial score (nSPS) is 14.6. The summed E-state index contributed by atoms with van der Waals surface area (Å²) in [5.41, 5.74) is 2.23. The van der Waals surface area contributed by atoms with E-state index in [0.29, 0.717) is 0 Å². The quantitative estimate of drug-likeness (QED) is 0.620. The Bertz CT molecular complexity index is 789. The highest BCUT2D eigenvalue weighted by Crippen LogP contribution is 2.32. The molecule has 0 aliphatic carbocycles. The van der Waals surface area contributed by atoms with Crippen LogP contribution in [0.3, 0.4) is 0 Å². The topological polar surface area (TPSA) is 32.3 Å². The zero-order valence-electron chi connectivity index (χ0n) is 15.3. The summed E-state index contributed by atoms with van der Waals surface area (Å²) in [5.74, 6) is 0. The molecule has 0 aliphatic rings. The average Bonchev–Trinajstić information content (AvgIpc) is 2.70. The Morgan fingerprint density at radius 1 is 0.808 bits per heavy atom. The number of aryl methyl sites for hydroxylation is 1. The van der Waals surface area contributed by atoms with Crippen molar-refractivity contribution in [2.24, 2.45) is 0 Å². The molecule has 0 radical (unpaired) electrons. The third-order valence-electron chi connectivity index (χ3n) is 4.60. The summed E-state index contributed by atoms with van der Waals surface area (Å²) < 4.78 is 0. The number of hydrogen-bond donors (Lipinski definition) is 2. The summed E-state index contributed by atoms with van der Waals surface area (Å²) >= 11 is 0. The SMILES string of the molecule is Cc1ccc(P(CN[C@@H](C)[C@H](O)c2ccccc2)c2ccccc2)cc1. The first-order valence-electron chi connectivity index (χ1n) is 9.01. The van der Waals surface area contributed by atoms with Crippen molar-refractivity contribution in [3.05, 3.63) is 96.1 Å². The maximum absolute atomic E-state index is 10.6. The first kappa shape index (κ1) is 18.8. The van der Waals surface area contributed by atoms with Gasteiger partial charge in [-0.05, 0) is 37.9 Å². The van der Waals surface area contributed by atoms with Crippen LogP contribution in [0.15, 0.2) is 84.9 Å². The van der Waals surface area contributed by atoms with E-state index in [1.165, 1.54) is 16.2 Å². The lowest BCUT2D eigenvalue weighted by Crippen LogP contribution is -2.34. The molecule has 134 valence electrons. The highest BCUT2D eigenvalue weighted by Gasteiger charge is 2.19. The van der Waals surface area contributed by atoms with E-state index in [0.717, 1.165) is 11.8 Å². The van der Waals surface area contributed by atoms with Crippen molar-refractivity contribution in [1.29, 1.82) is 0 Å². The first-order valence-corrected chi connectivity index (χ1v) is 10.5. The van der Waals surface area contributed by atoms with Crippen molar-refractivity contribution >= 4 is 18.5 Å². The number of aliphatic hydroxyl groups excluding tert-OH is 1. The number of hydrogen-bond acceptors (Lipinski definition) is 2. The van der Waals surface area contributed by atoms with Gasteiger partial charge in [-0.25, -0.2) is 0 Å². The molecule has 3 rings (SSSR count). The fourth-order valence-electron chi connectivity index (χ4n) is 2.95. The molecule has 26 heavy (non-hydrogen) atoms. The van der Waals surface area contributed by atoms with Crippen molar-refractivity contribution in [2.75, 3.05) is 6.29 Å². The van der Waals surface area contributed by atoms with Gasteiger partial charge < -0.3 is 10.4 Å². The summed E-state index contributed by atoms with van der Waals surface area (Å²) in [6.45, 7) is 4.16. The van der Waals surface area contributed by atoms with Crippen LogP contribution in [-0.2, 0) is 0 Å². The maximum Gasteiger partial charge on any atom is 0.0940 e. The Hall–Kier alpha value is -1.99. The minimum absolute atomic E-state index is 0.0171. The van der Waals surface area contributed by atoms with Crippen LogP contribution in [0.1, 0.15) is 24.2 Å². The highest BCUT2D eigenvalue weighted by atomic mass is 31.1. The second-order valence-corrected chi connectivity index (χ2v) is 8.81. The van der Waals surface area contributed by atoms with Gasteiger partial charge in [-0.3, -0.25) is 0 Å². The molecule has 0 aliphatic heterocycles. The third-order valence-corrected chi connectivity index (χ3v) is 6.94. The van der Waals surface area contributed by atoms with Crippen molar-refractivity contribution < 1.29 is 5.11 Å². The van der Waals surface area contributed by atoms with Crippen LogP contribution < -0.4 is 15.9 Å². The van der Waals surface area contributed by atoms with Crippen LogP contribution in [0, 0.1) is 6.92 Å². The van der Waals surface area contributed by atoms with E-state index in [-0.39, 0.29) is 6.04 Å². The molecule has 3 heteroatoms. The molecule has 0 bridgehead atoms. The largest absolute Gasteiger partial charge is 0.387 e. The van der Waals surface area contributed by atoms with Crippen LogP contribution in [0.4, 0.5) is 0 Å². The van der Waals surface area contributed by atoms with Gasteiger partial charge in [0.2, 0.25) is 0 Å².